The van der Waals surface area contributed by atoms with Crippen molar-refractivity contribution in [3.63, 3.8) is 0 Å². The number of hydrogen-bond donors (Lipinski definition) is 0. The molecule has 0 amide bonds. The minimum Gasteiger partial charge on any atom is -0.352 e. The first kappa shape index (κ1) is 16.0. The molecule has 3 heteroatoms. The van der Waals surface area contributed by atoms with Crippen LogP contribution < -0.4 is 0 Å². The summed E-state index contributed by atoms with van der Waals surface area (Å²) in [7, 11) is 0. The van der Waals surface area contributed by atoms with Gasteiger partial charge in [0, 0.05) is 17.3 Å². The van der Waals surface area contributed by atoms with E-state index in [1.165, 1.54) is 0 Å². The molecule has 0 N–H and O–H groups in total. The number of epoxide rings is 1. The highest BCUT2D eigenvalue weighted by Crippen LogP contribution is 2.74. The maximum Gasteiger partial charge on any atom is 0.187 e. The minimum atomic E-state index is -0.486. The molecule has 4 aliphatic carbocycles. The molecule has 0 radical (unpaired) electrons. The minimum absolute atomic E-state index is 0.110. The monoisotopic (exact) mass is 340 g/mol. The summed E-state index contributed by atoms with van der Waals surface area (Å²) in [5.41, 5.74) is 1.46. The van der Waals surface area contributed by atoms with Gasteiger partial charge in [-0.05, 0) is 61.5 Å². The van der Waals surface area contributed by atoms with E-state index >= 15 is 0 Å². The van der Waals surface area contributed by atoms with Crippen molar-refractivity contribution in [2.75, 3.05) is 0 Å². The van der Waals surface area contributed by atoms with Crippen LogP contribution in [0.1, 0.15) is 53.4 Å². The quantitative estimate of drug-likeness (QED) is 0.497. The summed E-state index contributed by atoms with van der Waals surface area (Å²) in [5.74, 6) is 2.25. The average molecular weight is 340 g/mol. The Morgan fingerprint density at radius 1 is 1.20 bits per heavy atom. The van der Waals surface area contributed by atoms with Crippen molar-refractivity contribution < 1.29 is 14.3 Å². The van der Waals surface area contributed by atoms with Crippen LogP contribution in [0.2, 0.25) is 0 Å². The van der Waals surface area contributed by atoms with Crippen LogP contribution in [0.3, 0.4) is 0 Å². The Morgan fingerprint density at radius 3 is 2.64 bits per heavy atom. The first-order valence-electron chi connectivity index (χ1n) is 9.82. The predicted octanol–water partition coefficient (Wildman–Crippen LogP) is 3.88. The van der Waals surface area contributed by atoms with E-state index in [1.807, 2.05) is 6.08 Å². The summed E-state index contributed by atoms with van der Waals surface area (Å²) >= 11 is 0. The van der Waals surface area contributed by atoms with Crippen molar-refractivity contribution in [3.05, 3.63) is 23.8 Å². The SMILES string of the molecule is C=C1C(C)[C@@H]2[C@@H](CC[C@]3(C)C(=O)CC[C@@H]23)[C@@]2(C)C(C)=CC(=O)C3OC132. The molecule has 5 aliphatic rings. The van der Waals surface area contributed by atoms with Crippen LogP contribution in [0.5, 0.6) is 0 Å². The zero-order chi connectivity index (χ0) is 17.9. The smallest absolute Gasteiger partial charge is 0.187 e. The van der Waals surface area contributed by atoms with Crippen LogP contribution in [-0.2, 0) is 14.3 Å². The van der Waals surface area contributed by atoms with Gasteiger partial charge in [0.15, 0.2) is 11.9 Å². The lowest BCUT2D eigenvalue weighted by Gasteiger charge is -2.61. The largest absolute Gasteiger partial charge is 0.352 e. The van der Waals surface area contributed by atoms with Crippen LogP contribution in [0.15, 0.2) is 23.8 Å². The van der Waals surface area contributed by atoms with Crippen molar-refractivity contribution in [2.24, 2.45) is 34.5 Å². The lowest BCUT2D eigenvalue weighted by atomic mass is 9.41. The summed E-state index contributed by atoms with van der Waals surface area (Å²) in [6.07, 6.45) is 5.28. The molecule has 134 valence electrons. The lowest BCUT2D eigenvalue weighted by Crippen LogP contribution is -2.61. The number of hydrogen-bond acceptors (Lipinski definition) is 3. The van der Waals surface area contributed by atoms with E-state index < -0.39 is 5.60 Å². The highest BCUT2D eigenvalue weighted by molar-refractivity contribution is 6.00. The number of carbonyl (C=O) groups is 2. The highest BCUT2D eigenvalue weighted by Gasteiger charge is 2.79. The van der Waals surface area contributed by atoms with Gasteiger partial charge in [0.25, 0.3) is 0 Å². The number of ketones is 2. The molecule has 4 fully saturated rings. The molecule has 8 atom stereocenters. The first-order valence-corrected chi connectivity index (χ1v) is 9.82. The summed E-state index contributed by atoms with van der Waals surface area (Å²) in [5, 5.41) is 0. The van der Waals surface area contributed by atoms with Crippen LogP contribution in [0, 0.1) is 34.5 Å². The Balaban J connectivity index is 1.68. The molecule has 1 aliphatic heterocycles. The van der Waals surface area contributed by atoms with Crippen molar-refractivity contribution in [1.29, 1.82) is 0 Å². The molecule has 3 saturated carbocycles. The average Bonchev–Trinajstić information content (AvgIpc) is 3.27. The van der Waals surface area contributed by atoms with Crippen molar-refractivity contribution in [1.82, 2.24) is 0 Å². The van der Waals surface area contributed by atoms with Crippen LogP contribution in [0.25, 0.3) is 0 Å². The van der Waals surface area contributed by atoms with E-state index in [-0.39, 0.29) is 22.7 Å². The van der Waals surface area contributed by atoms with Crippen molar-refractivity contribution in [3.8, 4) is 0 Å². The molecule has 0 aromatic heterocycles. The van der Waals surface area contributed by atoms with E-state index in [4.69, 9.17) is 4.74 Å². The Morgan fingerprint density at radius 2 is 1.92 bits per heavy atom. The Bertz CT molecular complexity index is 763. The van der Waals surface area contributed by atoms with Crippen molar-refractivity contribution >= 4 is 11.6 Å². The zero-order valence-electron chi connectivity index (χ0n) is 15.7. The van der Waals surface area contributed by atoms with E-state index in [0.717, 1.165) is 36.8 Å². The van der Waals surface area contributed by atoms with Crippen LogP contribution in [0.4, 0.5) is 0 Å². The second-order valence-electron chi connectivity index (χ2n) is 9.69. The fourth-order valence-electron chi connectivity index (χ4n) is 7.59. The molecule has 1 spiro atoms. The van der Waals surface area contributed by atoms with E-state index in [2.05, 4.69) is 34.3 Å². The Labute approximate surface area is 149 Å². The van der Waals surface area contributed by atoms with E-state index in [9.17, 15) is 9.59 Å². The molecule has 5 rings (SSSR count). The normalized spacial score (nSPS) is 56.6. The number of carbonyl (C=O) groups excluding carboxylic acids is 2. The molecule has 25 heavy (non-hydrogen) atoms. The van der Waals surface area contributed by atoms with Gasteiger partial charge in [0.1, 0.15) is 11.4 Å². The van der Waals surface area contributed by atoms with Gasteiger partial charge in [0.2, 0.25) is 0 Å². The summed E-state index contributed by atoms with van der Waals surface area (Å²) in [6, 6.07) is 0. The maximum absolute atomic E-state index is 12.6. The molecule has 3 nitrogen and oxygen atoms in total. The van der Waals surface area contributed by atoms with Gasteiger partial charge < -0.3 is 4.74 Å². The fourth-order valence-corrected chi connectivity index (χ4v) is 7.59. The van der Waals surface area contributed by atoms with Gasteiger partial charge >= 0.3 is 0 Å². The van der Waals surface area contributed by atoms with E-state index in [0.29, 0.717) is 29.5 Å². The van der Waals surface area contributed by atoms with Crippen molar-refractivity contribution in [2.45, 2.75) is 65.1 Å². The third-order valence-corrected chi connectivity index (χ3v) is 9.21. The number of fused-ring (bicyclic) bond motifs is 4. The summed E-state index contributed by atoms with van der Waals surface area (Å²) < 4.78 is 6.18. The number of rotatable bonds is 0. The Hall–Kier alpha value is -1.22. The van der Waals surface area contributed by atoms with E-state index in [1.54, 1.807) is 0 Å². The van der Waals surface area contributed by atoms with Gasteiger partial charge in [0.05, 0.1) is 0 Å². The number of Topliss-reactive ketones (excluding diaryl/α,β-unsaturated/α-hetero) is 1. The summed E-state index contributed by atoms with van der Waals surface area (Å²) in [4.78, 5) is 25.1. The third-order valence-electron chi connectivity index (χ3n) is 9.21. The van der Waals surface area contributed by atoms with Gasteiger partial charge in [-0.2, -0.15) is 0 Å². The molecule has 3 unspecified atom stereocenters. The van der Waals surface area contributed by atoms with Crippen LogP contribution in [-0.4, -0.2) is 23.3 Å². The molecule has 0 aromatic rings. The van der Waals surface area contributed by atoms with Gasteiger partial charge in [-0.15, -0.1) is 0 Å². The van der Waals surface area contributed by atoms with Gasteiger partial charge in [-0.1, -0.05) is 32.9 Å². The lowest BCUT2D eigenvalue weighted by molar-refractivity contribution is -0.135. The first-order chi connectivity index (χ1) is 11.7. The Kier molecular flexibility index (Phi) is 2.79. The standard InChI is InChI=1S/C22H28O3/c1-11-10-16(23)19-22(25-19)13(3)12(2)18-14-6-7-17(24)20(14,4)9-8-15(18)21(11,22)5/h10,12,14-15,18-19H,3,6-9H2,1-2,4-5H3/t12?,14-,15+,18-,19?,20-,21+,22?/m0/s1. The number of ether oxygens (including phenoxy) is 1. The molecule has 1 heterocycles. The summed E-state index contributed by atoms with van der Waals surface area (Å²) in [6.45, 7) is 13.3. The topological polar surface area (TPSA) is 46.7 Å². The second-order valence-corrected chi connectivity index (χ2v) is 9.69. The van der Waals surface area contributed by atoms with Gasteiger partial charge in [-0.3, -0.25) is 9.59 Å². The molecular weight excluding hydrogens is 312 g/mol. The maximum atomic E-state index is 12.6. The molecular formula is C22H28O3. The zero-order valence-corrected chi connectivity index (χ0v) is 15.7. The molecule has 0 bridgehead atoms. The third kappa shape index (κ3) is 1.47. The molecule has 0 aromatic carbocycles. The van der Waals surface area contributed by atoms with Gasteiger partial charge in [-0.25, -0.2) is 0 Å². The van der Waals surface area contributed by atoms with Crippen LogP contribution >= 0.6 is 0 Å². The fraction of sp³-hybridized carbons (Fsp3) is 0.727. The highest BCUT2D eigenvalue weighted by atomic mass is 16.6. The molecule has 1 saturated heterocycles. The second kappa shape index (κ2) is 4.36. The predicted molar refractivity (Wildman–Crippen MR) is 94.8 cm³/mol.